The molecule has 1 fully saturated rings. The number of nitrogens with zero attached hydrogens (tertiary/aromatic N) is 3. The van der Waals surface area contributed by atoms with Crippen LogP contribution in [-0.4, -0.2) is 39.4 Å². The van der Waals surface area contributed by atoms with Gasteiger partial charge in [-0.2, -0.15) is 0 Å². The van der Waals surface area contributed by atoms with E-state index in [4.69, 9.17) is 4.42 Å². The third kappa shape index (κ3) is 3.62. The number of hydrogen-bond acceptors (Lipinski definition) is 5. The van der Waals surface area contributed by atoms with Crippen LogP contribution >= 0.6 is 0 Å². The van der Waals surface area contributed by atoms with E-state index in [9.17, 15) is 5.11 Å². The maximum Gasteiger partial charge on any atom is 0.247 e. The number of aliphatic hydroxyl groups excluding tert-OH is 1. The second-order valence-electron chi connectivity index (χ2n) is 6.60. The van der Waals surface area contributed by atoms with Crippen molar-refractivity contribution in [3.05, 3.63) is 35.7 Å². The van der Waals surface area contributed by atoms with E-state index in [0.717, 1.165) is 31.5 Å². The number of benzene rings is 1. The van der Waals surface area contributed by atoms with E-state index >= 15 is 0 Å². The molecule has 23 heavy (non-hydrogen) atoms. The molecule has 0 bridgehead atoms. The van der Waals surface area contributed by atoms with Gasteiger partial charge in [-0.3, -0.25) is 4.90 Å². The fourth-order valence-electron chi connectivity index (χ4n) is 3.16. The van der Waals surface area contributed by atoms with E-state index < -0.39 is 0 Å². The van der Waals surface area contributed by atoms with Gasteiger partial charge in [0.2, 0.25) is 11.8 Å². The van der Waals surface area contributed by atoms with Crippen molar-refractivity contribution >= 4 is 0 Å². The molecule has 2 heterocycles. The fraction of sp³-hybridized carbons (Fsp3) is 0.556. The first-order valence-corrected chi connectivity index (χ1v) is 8.37. The van der Waals surface area contributed by atoms with E-state index in [1.807, 2.05) is 31.2 Å². The average molecular weight is 315 g/mol. The first-order valence-electron chi connectivity index (χ1n) is 8.37. The lowest BCUT2D eigenvalue weighted by molar-refractivity contribution is 0.0538. The summed E-state index contributed by atoms with van der Waals surface area (Å²) in [5, 5.41) is 18.1. The number of aromatic nitrogens is 2. The molecular formula is C18H25N3O2. The van der Waals surface area contributed by atoms with Crippen molar-refractivity contribution in [3.63, 3.8) is 0 Å². The first-order chi connectivity index (χ1) is 11.0. The third-order valence-corrected chi connectivity index (χ3v) is 4.90. The maximum absolute atomic E-state index is 9.71. The smallest absolute Gasteiger partial charge is 0.247 e. The van der Waals surface area contributed by atoms with Gasteiger partial charge in [-0.25, -0.2) is 0 Å². The second-order valence-corrected chi connectivity index (χ2v) is 6.60. The van der Waals surface area contributed by atoms with Crippen molar-refractivity contribution in [2.45, 2.75) is 45.8 Å². The Kier molecular flexibility index (Phi) is 4.78. The molecule has 5 heteroatoms. The summed E-state index contributed by atoms with van der Waals surface area (Å²) in [7, 11) is 0. The molecule has 0 spiro atoms. The monoisotopic (exact) mass is 315 g/mol. The van der Waals surface area contributed by atoms with Crippen LogP contribution in [0.15, 0.2) is 28.7 Å². The molecule has 2 unspecified atom stereocenters. The average Bonchev–Trinajstić information content (AvgIpc) is 3.05. The highest BCUT2D eigenvalue weighted by Crippen LogP contribution is 2.29. The number of aryl methyl sites for hydroxylation is 1. The summed E-state index contributed by atoms with van der Waals surface area (Å²) in [6.07, 6.45) is 1.81. The molecule has 5 nitrogen and oxygen atoms in total. The van der Waals surface area contributed by atoms with Gasteiger partial charge in [0.1, 0.15) is 0 Å². The Balaban J connectivity index is 1.67. The fourth-order valence-corrected chi connectivity index (χ4v) is 3.16. The highest BCUT2D eigenvalue weighted by molar-refractivity contribution is 5.52. The molecule has 0 saturated carbocycles. The quantitative estimate of drug-likeness (QED) is 0.939. The Bertz CT molecular complexity index is 628. The molecule has 1 saturated heterocycles. The van der Waals surface area contributed by atoms with Crippen LogP contribution in [0.3, 0.4) is 0 Å². The highest BCUT2D eigenvalue weighted by Gasteiger charge is 2.28. The van der Waals surface area contributed by atoms with Crippen LogP contribution in [0.1, 0.15) is 44.2 Å². The van der Waals surface area contributed by atoms with Gasteiger partial charge in [0.15, 0.2) is 0 Å². The molecule has 1 aliphatic rings. The van der Waals surface area contributed by atoms with Crippen LogP contribution in [0.5, 0.6) is 0 Å². The van der Waals surface area contributed by atoms with Crippen LogP contribution < -0.4 is 0 Å². The minimum absolute atomic E-state index is 0.108. The van der Waals surface area contributed by atoms with Crippen LogP contribution in [0.2, 0.25) is 0 Å². The molecule has 1 aromatic heterocycles. The SMILES string of the molecule is Cc1ccc(-c2nnc(C(C)N3CCC(C(C)O)CC3)o2)cc1. The topological polar surface area (TPSA) is 62.4 Å². The third-order valence-electron chi connectivity index (χ3n) is 4.90. The number of aliphatic hydroxyl groups is 1. The number of piperidine rings is 1. The van der Waals surface area contributed by atoms with Gasteiger partial charge in [0.25, 0.3) is 0 Å². The van der Waals surface area contributed by atoms with Crippen LogP contribution in [0.4, 0.5) is 0 Å². The van der Waals surface area contributed by atoms with Gasteiger partial charge in [-0.05, 0) is 64.8 Å². The molecule has 1 aliphatic heterocycles. The van der Waals surface area contributed by atoms with Gasteiger partial charge >= 0.3 is 0 Å². The molecule has 0 aliphatic carbocycles. The lowest BCUT2D eigenvalue weighted by atomic mass is 9.91. The standard InChI is InChI=1S/C18H25N3O2/c1-12-4-6-16(7-5-12)18-20-19-17(23-18)13(2)21-10-8-15(9-11-21)14(3)22/h4-7,13-15,22H,8-11H2,1-3H3. The van der Waals surface area contributed by atoms with Gasteiger partial charge in [0, 0.05) is 5.56 Å². The molecule has 124 valence electrons. The van der Waals surface area contributed by atoms with E-state index in [-0.39, 0.29) is 12.1 Å². The first kappa shape index (κ1) is 16.1. The lowest BCUT2D eigenvalue weighted by Crippen LogP contribution is -2.38. The second kappa shape index (κ2) is 6.81. The normalized spacial score (nSPS) is 19.7. The Morgan fingerprint density at radius 1 is 1.13 bits per heavy atom. The van der Waals surface area contributed by atoms with Crippen molar-refractivity contribution in [1.82, 2.24) is 15.1 Å². The molecule has 2 atom stereocenters. The summed E-state index contributed by atoms with van der Waals surface area (Å²) in [6, 6.07) is 8.21. The van der Waals surface area contributed by atoms with Gasteiger partial charge in [0.05, 0.1) is 12.1 Å². The Morgan fingerprint density at radius 3 is 2.39 bits per heavy atom. The van der Waals surface area contributed by atoms with Crippen molar-refractivity contribution < 1.29 is 9.52 Å². The molecular weight excluding hydrogens is 290 g/mol. The minimum atomic E-state index is -0.219. The molecule has 1 aromatic carbocycles. The van der Waals surface area contributed by atoms with Gasteiger partial charge in [-0.1, -0.05) is 17.7 Å². The maximum atomic E-state index is 9.71. The predicted molar refractivity (Wildman–Crippen MR) is 88.9 cm³/mol. The Morgan fingerprint density at radius 2 is 1.78 bits per heavy atom. The summed E-state index contributed by atoms with van der Waals surface area (Å²) in [5.74, 6) is 1.64. The molecule has 1 N–H and O–H groups in total. The number of likely N-dealkylation sites (tertiary alicyclic amines) is 1. The van der Waals surface area contributed by atoms with Crippen molar-refractivity contribution in [3.8, 4) is 11.5 Å². The summed E-state index contributed by atoms with van der Waals surface area (Å²) >= 11 is 0. The van der Waals surface area contributed by atoms with Crippen LogP contribution in [0.25, 0.3) is 11.5 Å². The van der Waals surface area contributed by atoms with Crippen LogP contribution in [0, 0.1) is 12.8 Å². The zero-order valence-corrected chi connectivity index (χ0v) is 14.1. The highest BCUT2D eigenvalue weighted by atomic mass is 16.4. The van der Waals surface area contributed by atoms with Gasteiger partial charge < -0.3 is 9.52 Å². The Hall–Kier alpha value is -1.72. The van der Waals surface area contributed by atoms with Crippen molar-refractivity contribution in [2.75, 3.05) is 13.1 Å². The van der Waals surface area contributed by atoms with E-state index in [1.165, 1.54) is 5.56 Å². The summed E-state index contributed by atoms with van der Waals surface area (Å²) < 4.78 is 5.89. The van der Waals surface area contributed by atoms with E-state index in [2.05, 4.69) is 28.9 Å². The van der Waals surface area contributed by atoms with E-state index in [1.54, 1.807) is 0 Å². The molecule has 2 aromatic rings. The molecule has 0 amide bonds. The van der Waals surface area contributed by atoms with E-state index in [0.29, 0.717) is 17.7 Å². The summed E-state index contributed by atoms with van der Waals surface area (Å²) in [5.41, 5.74) is 2.16. The Labute approximate surface area is 137 Å². The number of hydrogen-bond donors (Lipinski definition) is 1. The number of rotatable bonds is 4. The zero-order chi connectivity index (χ0) is 16.4. The van der Waals surface area contributed by atoms with Crippen LogP contribution in [-0.2, 0) is 0 Å². The zero-order valence-electron chi connectivity index (χ0n) is 14.1. The minimum Gasteiger partial charge on any atom is -0.419 e. The summed E-state index contributed by atoms with van der Waals surface area (Å²) in [6.45, 7) is 7.96. The lowest BCUT2D eigenvalue weighted by Gasteiger charge is -2.35. The largest absolute Gasteiger partial charge is 0.419 e. The molecule has 3 rings (SSSR count). The van der Waals surface area contributed by atoms with Crippen molar-refractivity contribution in [2.24, 2.45) is 5.92 Å². The molecule has 0 radical (unpaired) electrons. The predicted octanol–water partition coefficient (Wildman–Crippen LogP) is 3.20. The summed E-state index contributed by atoms with van der Waals surface area (Å²) in [4.78, 5) is 2.35. The van der Waals surface area contributed by atoms with Gasteiger partial charge in [-0.15, -0.1) is 10.2 Å². The van der Waals surface area contributed by atoms with Crippen molar-refractivity contribution in [1.29, 1.82) is 0 Å².